The number of nitrogens with one attached hydrogen (secondary N) is 3. The number of carboxylic acid groups (broad SMARTS) is 1. The normalized spacial score (nSPS) is 18.7. The minimum atomic E-state index is -5.18. The van der Waals surface area contributed by atoms with Crippen LogP contribution in [-0.4, -0.2) is 94.1 Å². The lowest BCUT2D eigenvalue weighted by Crippen LogP contribution is -2.74. The zero-order chi connectivity index (χ0) is 27.6. The molecule has 1 aromatic heterocycles. The number of amides is 4. The number of nitrogens with zero attached hydrogens (tertiary/aromatic N) is 3. The van der Waals surface area contributed by atoms with E-state index in [9.17, 15) is 40.6 Å². The summed E-state index contributed by atoms with van der Waals surface area (Å²) >= 11 is 0.872. The molecule has 22 heteroatoms. The van der Waals surface area contributed by atoms with E-state index in [2.05, 4.69) is 15.5 Å². The van der Waals surface area contributed by atoms with Gasteiger partial charge in [0.2, 0.25) is 5.60 Å². The molecule has 0 radical (unpaired) electrons. The number of rotatable bonds is 10. The first kappa shape index (κ1) is 28.6. The van der Waals surface area contributed by atoms with Crippen molar-refractivity contribution in [3.05, 3.63) is 11.1 Å². The highest BCUT2D eigenvalue weighted by Gasteiger charge is 2.54. The van der Waals surface area contributed by atoms with Crippen LogP contribution in [0.1, 0.15) is 19.5 Å². The molecule has 1 aromatic rings. The molecule has 1 aliphatic rings. The molecule has 0 saturated carbocycles. The molecule has 0 unspecified atom stereocenters. The molecule has 0 aliphatic carbocycles. The number of hydrogen-bond acceptors (Lipinski definition) is 13. The van der Waals surface area contributed by atoms with Crippen molar-refractivity contribution in [2.24, 2.45) is 5.16 Å². The van der Waals surface area contributed by atoms with E-state index in [0.717, 1.165) is 29.9 Å². The molecule has 1 saturated heterocycles. The Hall–Kier alpha value is -3.60. The van der Waals surface area contributed by atoms with Gasteiger partial charge in [0.1, 0.15) is 11.7 Å². The quantitative estimate of drug-likeness (QED) is 0.0631. The van der Waals surface area contributed by atoms with Crippen molar-refractivity contribution in [3.63, 3.8) is 0 Å². The summed E-state index contributed by atoms with van der Waals surface area (Å²) < 4.78 is 63.3. The van der Waals surface area contributed by atoms with Crippen molar-refractivity contribution in [2.75, 3.05) is 12.3 Å². The number of carboxylic acids is 1. The van der Waals surface area contributed by atoms with Crippen LogP contribution in [-0.2, 0) is 39.8 Å². The van der Waals surface area contributed by atoms with E-state index in [1.807, 2.05) is 5.32 Å². The first-order chi connectivity index (χ1) is 16.3. The first-order valence-corrected chi connectivity index (χ1v) is 12.9. The van der Waals surface area contributed by atoms with Gasteiger partial charge in [-0.25, -0.2) is 23.6 Å². The summed E-state index contributed by atoms with van der Waals surface area (Å²) in [5, 5.41) is 17.8. The summed E-state index contributed by atoms with van der Waals surface area (Å²) in [5.41, 5.74) is 2.76. The molecule has 1 aliphatic heterocycles. The lowest BCUT2D eigenvalue weighted by atomic mass is 9.98. The number of carbonyl (C=O) groups excluding carboxylic acids is 3. The van der Waals surface area contributed by atoms with Gasteiger partial charge >= 0.3 is 32.6 Å². The smallest absolute Gasteiger partial charge is 0.362 e. The molecule has 8 N–H and O–H groups in total. The molecule has 36 heavy (non-hydrogen) atoms. The number of urea groups is 1. The van der Waals surface area contributed by atoms with Gasteiger partial charge in [0.05, 0.1) is 6.04 Å². The summed E-state index contributed by atoms with van der Waals surface area (Å²) in [6.45, 7) is 1.39. The number of anilines is 1. The summed E-state index contributed by atoms with van der Waals surface area (Å²) in [5.74, 6) is -4.02. The zero-order valence-corrected chi connectivity index (χ0v) is 20.5. The highest BCUT2D eigenvalue weighted by atomic mass is 32.2. The topological polar surface area (TPSA) is 297 Å². The molecule has 19 nitrogen and oxygen atoms in total. The van der Waals surface area contributed by atoms with Crippen molar-refractivity contribution < 1.29 is 55.1 Å². The van der Waals surface area contributed by atoms with E-state index in [1.54, 1.807) is 0 Å². The van der Waals surface area contributed by atoms with E-state index in [1.165, 1.54) is 5.38 Å². The molecule has 2 rings (SSSR count). The minimum Gasteiger partial charge on any atom is -0.478 e. The Morgan fingerprint density at radius 1 is 1.28 bits per heavy atom. The summed E-state index contributed by atoms with van der Waals surface area (Å²) in [7, 11) is -10.2. The molecule has 4 amide bonds. The number of thiazole rings is 1. The Morgan fingerprint density at radius 2 is 1.89 bits per heavy atom. The largest absolute Gasteiger partial charge is 0.478 e. The number of aliphatic carboxylic acids is 1. The molecule has 0 aromatic carbocycles. The number of β-lactam (4-membered cyclic amide) rings is 1. The lowest BCUT2D eigenvalue weighted by Gasteiger charge is -2.44. The van der Waals surface area contributed by atoms with Gasteiger partial charge in [0.15, 0.2) is 10.8 Å². The van der Waals surface area contributed by atoms with Gasteiger partial charge in [0.25, 0.3) is 11.8 Å². The summed E-state index contributed by atoms with van der Waals surface area (Å²) in [6, 6.07) is -4.91. The van der Waals surface area contributed by atoms with E-state index in [4.69, 9.17) is 20.2 Å². The van der Waals surface area contributed by atoms with Crippen molar-refractivity contribution in [1.29, 1.82) is 0 Å². The second-order valence-electron chi connectivity index (χ2n) is 7.34. The predicted octanol–water partition coefficient (Wildman–Crippen LogP) is -3.09. The van der Waals surface area contributed by atoms with Crippen molar-refractivity contribution >= 4 is 66.6 Å². The molecule has 2 heterocycles. The van der Waals surface area contributed by atoms with Gasteiger partial charge in [-0.15, -0.1) is 11.3 Å². The Kier molecular flexibility index (Phi) is 8.09. The number of aromatic nitrogens is 1. The van der Waals surface area contributed by atoms with E-state index in [-0.39, 0.29) is 15.1 Å². The van der Waals surface area contributed by atoms with E-state index >= 15 is 0 Å². The number of hydrogen-bond donors (Lipinski definition) is 7. The number of nitrogen functional groups attached to an aromatic ring is 1. The maximum Gasteiger partial charge on any atom is 0.362 e. The molecule has 2 atom stereocenters. The van der Waals surface area contributed by atoms with Crippen LogP contribution in [0.15, 0.2) is 10.5 Å². The first-order valence-electron chi connectivity index (χ1n) is 9.19. The van der Waals surface area contributed by atoms with Gasteiger partial charge < -0.3 is 26.3 Å². The fourth-order valence-electron chi connectivity index (χ4n) is 2.52. The lowest BCUT2D eigenvalue weighted by molar-refractivity contribution is -0.161. The second-order valence-corrected chi connectivity index (χ2v) is 10.7. The molecular formula is C14H19N7O12S3. The van der Waals surface area contributed by atoms with Crippen LogP contribution < -0.4 is 21.1 Å². The van der Waals surface area contributed by atoms with Gasteiger partial charge in [-0.3, -0.25) is 18.7 Å². The Balaban J connectivity index is 2.30. The van der Waals surface area contributed by atoms with Crippen molar-refractivity contribution in [2.45, 2.75) is 31.5 Å². The number of carbonyl (C=O) groups is 4. The third-order valence-electron chi connectivity index (χ3n) is 4.26. The molecule has 200 valence electrons. The third kappa shape index (κ3) is 6.97. The van der Waals surface area contributed by atoms with Crippen LogP contribution in [0.2, 0.25) is 0 Å². The summed E-state index contributed by atoms with van der Waals surface area (Å²) in [4.78, 5) is 56.7. The van der Waals surface area contributed by atoms with Gasteiger partial charge in [-0.1, -0.05) is 5.16 Å². The maximum absolute atomic E-state index is 12.9. The highest BCUT2D eigenvalue weighted by Crippen LogP contribution is 2.24. The maximum atomic E-state index is 12.9. The van der Waals surface area contributed by atoms with Crippen molar-refractivity contribution in [1.82, 2.24) is 24.6 Å². The van der Waals surface area contributed by atoms with Crippen LogP contribution in [0.3, 0.4) is 0 Å². The molecule has 0 spiro atoms. The van der Waals surface area contributed by atoms with Crippen LogP contribution >= 0.6 is 11.3 Å². The van der Waals surface area contributed by atoms with Crippen LogP contribution in [0, 0.1) is 0 Å². The van der Waals surface area contributed by atoms with Crippen LogP contribution in [0.5, 0.6) is 0 Å². The van der Waals surface area contributed by atoms with E-state index in [0.29, 0.717) is 0 Å². The average Bonchev–Trinajstić information content (AvgIpc) is 3.12. The molecule has 0 bridgehead atoms. The third-order valence-corrected chi connectivity index (χ3v) is 6.32. The molecule has 1 fully saturated rings. The SMILES string of the molecule is CC(C)(ON=C(C(=O)N[C@H]1C(=O)N(S(=O)(=O)O)[C@H]1CNC(=O)NS(=O)(=O)O)c1csc(N)n1)C(=O)O. The van der Waals surface area contributed by atoms with Gasteiger partial charge in [-0.2, -0.15) is 16.8 Å². The Labute approximate surface area is 206 Å². The van der Waals surface area contributed by atoms with Crippen LogP contribution in [0.25, 0.3) is 0 Å². The average molecular weight is 574 g/mol. The fourth-order valence-corrected chi connectivity index (χ4v) is 4.26. The fraction of sp³-hybridized carbons (Fsp3) is 0.429. The second kappa shape index (κ2) is 10.2. The van der Waals surface area contributed by atoms with Gasteiger partial charge in [0, 0.05) is 11.9 Å². The number of oxime groups is 1. The van der Waals surface area contributed by atoms with E-state index < -0.39 is 74.4 Å². The Morgan fingerprint density at radius 3 is 2.36 bits per heavy atom. The molecular weight excluding hydrogens is 554 g/mol. The Bertz CT molecular complexity index is 1320. The van der Waals surface area contributed by atoms with Gasteiger partial charge in [-0.05, 0) is 13.8 Å². The zero-order valence-electron chi connectivity index (χ0n) is 18.1. The monoisotopic (exact) mass is 573 g/mol. The number of nitrogens with two attached hydrogens (primary N) is 1. The predicted molar refractivity (Wildman–Crippen MR) is 118 cm³/mol. The van der Waals surface area contributed by atoms with Crippen molar-refractivity contribution in [3.8, 4) is 0 Å². The summed E-state index contributed by atoms with van der Waals surface area (Å²) in [6.07, 6.45) is 0. The minimum absolute atomic E-state index is 0.0211. The highest BCUT2D eigenvalue weighted by molar-refractivity contribution is 7.84. The standard InChI is InChI=1S/C14H19N7O12S3/c1-14(2,11(24)25)33-19-7(5-4-34-12(15)17-5)9(22)18-8-6(21(10(8)23)36(30,31)32)3-16-13(26)20-35(27,28)29/h4,6,8H,3H2,1-2H3,(H2,15,17)(H,18,22)(H,24,25)(H2,16,20,26)(H,27,28,29)(H,30,31,32)/t6-,8+/m0/s1. The van der Waals surface area contributed by atoms with Crippen LogP contribution in [0.4, 0.5) is 9.93 Å².